The van der Waals surface area contributed by atoms with Gasteiger partial charge in [0.2, 0.25) is 0 Å². The lowest BCUT2D eigenvalue weighted by Crippen LogP contribution is -2.54. The fourth-order valence-corrected chi connectivity index (χ4v) is 5.17. The number of anilines is 1. The molecule has 2 aromatic rings. The molecule has 3 heterocycles. The van der Waals surface area contributed by atoms with Crippen molar-refractivity contribution in [2.75, 3.05) is 11.4 Å². The molecule has 2 aromatic carbocycles. The van der Waals surface area contributed by atoms with E-state index in [2.05, 4.69) is 0 Å². The molecule has 192 valence electrons. The highest BCUT2D eigenvalue weighted by Crippen LogP contribution is 2.44. The van der Waals surface area contributed by atoms with Crippen LogP contribution in [0.15, 0.2) is 36.4 Å². The van der Waals surface area contributed by atoms with Crippen molar-refractivity contribution in [2.24, 2.45) is 0 Å². The number of alkyl halides is 6. The van der Waals surface area contributed by atoms with Crippen molar-refractivity contribution in [3.63, 3.8) is 0 Å². The van der Waals surface area contributed by atoms with Gasteiger partial charge in [-0.05, 0) is 42.8 Å². The van der Waals surface area contributed by atoms with Crippen LogP contribution >= 0.6 is 0 Å². The number of fused-ring (bicyclic) bond motifs is 5. The van der Waals surface area contributed by atoms with Gasteiger partial charge >= 0.3 is 18.4 Å². The molecular formula is C23H13F7N4O3. The Morgan fingerprint density at radius 2 is 1.65 bits per heavy atom. The monoisotopic (exact) mass is 526 g/mol. The number of carbonyl (C=O) groups is 3. The first-order valence-electron chi connectivity index (χ1n) is 10.7. The normalized spacial score (nSPS) is 23.1. The number of halogens is 7. The van der Waals surface area contributed by atoms with Crippen LogP contribution in [-0.4, -0.2) is 52.3 Å². The van der Waals surface area contributed by atoms with Crippen molar-refractivity contribution < 1.29 is 45.1 Å². The average Bonchev–Trinajstić information content (AvgIpc) is 3.48. The zero-order valence-corrected chi connectivity index (χ0v) is 18.3. The van der Waals surface area contributed by atoms with Gasteiger partial charge in [0.25, 0.3) is 11.8 Å². The van der Waals surface area contributed by atoms with E-state index >= 15 is 0 Å². The molecule has 0 radical (unpaired) electrons. The number of rotatable bonds is 2. The van der Waals surface area contributed by atoms with Crippen molar-refractivity contribution in [1.29, 1.82) is 5.26 Å². The molecule has 0 unspecified atom stereocenters. The molecule has 0 N–H and O–H groups in total. The lowest BCUT2D eigenvalue weighted by atomic mass is 10.0. The maximum atomic E-state index is 13.7. The van der Waals surface area contributed by atoms with Crippen molar-refractivity contribution >= 4 is 23.5 Å². The van der Waals surface area contributed by atoms with Crippen molar-refractivity contribution in [2.45, 2.75) is 36.9 Å². The van der Waals surface area contributed by atoms with Crippen molar-refractivity contribution in [3.8, 4) is 6.07 Å². The van der Waals surface area contributed by atoms with Crippen LogP contribution in [0.1, 0.15) is 33.5 Å². The predicted molar refractivity (Wildman–Crippen MR) is 109 cm³/mol. The standard InChI is InChI=1S/C23H13F7N4O3/c24-16-4-2-10(5-15(16)23(28,29)30)19(35)32-9-13-7-17(32)18-20(36)34(21(37)33(13)18)12-3-1-11(8-31)14(6-12)22(25,26)27/h1-6,13,17-18H,7,9H2/t13-,17-,18+/m0/s1. The lowest BCUT2D eigenvalue weighted by Gasteiger charge is -2.35. The van der Waals surface area contributed by atoms with Crippen LogP contribution in [-0.2, 0) is 17.1 Å². The minimum atomic E-state index is -5.05. The van der Waals surface area contributed by atoms with Crippen molar-refractivity contribution in [3.05, 3.63) is 64.5 Å². The van der Waals surface area contributed by atoms with E-state index in [9.17, 15) is 45.1 Å². The summed E-state index contributed by atoms with van der Waals surface area (Å²) in [5.41, 5.74) is -4.56. The fraction of sp³-hybridized carbons (Fsp3) is 0.304. The molecule has 3 aliphatic heterocycles. The molecule has 37 heavy (non-hydrogen) atoms. The molecule has 3 fully saturated rings. The summed E-state index contributed by atoms with van der Waals surface area (Å²) in [5, 5.41) is 8.98. The molecule has 0 aromatic heterocycles. The van der Waals surface area contributed by atoms with E-state index in [0.717, 1.165) is 28.0 Å². The fourth-order valence-electron chi connectivity index (χ4n) is 5.17. The number of urea groups is 1. The van der Waals surface area contributed by atoms with E-state index in [1.54, 1.807) is 0 Å². The number of likely N-dealkylation sites (tertiary alicyclic amines) is 1. The van der Waals surface area contributed by atoms with Gasteiger partial charge in [-0.2, -0.15) is 31.6 Å². The molecule has 0 aliphatic carbocycles. The Kier molecular flexibility index (Phi) is 5.26. The predicted octanol–water partition coefficient (Wildman–Crippen LogP) is 4.17. The van der Waals surface area contributed by atoms with Gasteiger partial charge in [-0.1, -0.05) is 0 Å². The Labute approximate surface area is 203 Å². The van der Waals surface area contributed by atoms with Crippen LogP contribution in [0.5, 0.6) is 0 Å². The minimum absolute atomic E-state index is 0.132. The third kappa shape index (κ3) is 3.68. The maximum Gasteiger partial charge on any atom is 0.419 e. The molecule has 3 atom stereocenters. The molecular weight excluding hydrogens is 513 g/mol. The molecule has 0 saturated carbocycles. The third-order valence-electron chi connectivity index (χ3n) is 6.73. The maximum absolute atomic E-state index is 13.7. The second kappa shape index (κ2) is 7.92. The molecule has 4 amide bonds. The SMILES string of the molecule is N#Cc1ccc(N2C(=O)[C@H]3[C@@H]4C[C@@H](CN4C(=O)c4ccc(F)c(C(F)(F)F)c4)N3C2=O)cc1C(F)(F)F. The highest BCUT2D eigenvalue weighted by molar-refractivity contribution is 6.22. The Bertz CT molecular complexity index is 1400. The molecule has 7 nitrogen and oxygen atoms in total. The number of piperazine rings is 1. The van der Waals surface area contributed by atoms with E-state index < -0.39 is 82.1 Å². The Balaban J connectivity index is 1.45. The van der Waals surface area contributed by atoms with Crippen LogP contribution in [0.4, 0.5) is 41.2 Å². The van der Waals surface area contributed by atoms with E-state index in [0.29, 0.717) is 23.1 Å². The number of nitrogens with zero attached hydrogens (tertiary/aromatic N) is 4. The zero-order valence-electron chi connectivity index (χ0n) is 18.3. The van der Waals surface area contributed by atoms with Crippen LogP contribution in [0.25, 0.3) is 0 Å². The number of benzene rings is 2. The number of hydrogen-bond acceptors (Lipinski definition) is 4. The van der Waals surface area contributed by atoms with Gasteiger partial charge in [0.1, 0.15) is 11.9 Å². The van der Waals surface area contributed by atoms with Gasteiger partial charge in [-0.15, -0.1) is 0 Å². The largest absolute Gasteiger partial charge is 0.419 e. The van der Waals surface area contributed by atoms with Gasteiger partial charge in [-0.3, -0.25) is 9.59 Å². The Hall–Kier alpha value is -4.15. The van der Waals surface area contributed by atoms with E-state index in [1.807, 2.05) is 0 Å². The highest BCUT2D eigenvalue weighted by Gasteiger charge is 2.63. The quantitative estimate of drug-likeness (QED) is 0.435. The average molecular weight is 526 g/mol. The highest BCUT2D eigenvalue weighted by atomic mass is 19.4. The second-order valence-corrected chi connectivity index (χ2v) is 8.75. The van der Waals surface area contributed by atoms with Gasteiger partial charge in [0, 0.05) is 12.1 Å². The summed E-state index contributed by atoms with van der Waals surface area (Å²) in [6.07, 6.45) is -9.85. The van der Waals surface area contributed by atoms with E-state index in [-0.39, 0.29) is 13.0 Å². The number of amides is 4. The van der Waals surface area contributed by atoms with E-state index in [1.165, 1.54) is 6.07 Å². The molecule has 0 spiro atoms. The summed E-state index contributed by atoms with van der Waals surface area (Å²) >= 11 is 0. The number of imide groups is 1. The topological polar surface area (TPSA) is 84.7 Å². The number of carbonyl (C=O) groups excluding carboxylic acids is 3. The molecule has 14 heteroatoms. The Morgan fingerprint density at radius 1 is 0.973 bits per heavy atom. The smallest absolute Gasteiger partial charge is 0.331 e. The zero-order chi connectivity index (χ0) is 27.0. The van der Waals surface area contributed by atoms with Crippen LogP contribution < -0.4 is 4.90 Å². The Morgan fingerprint density at radius 3 is 2.27 bits per heavy atom. The summed E-state index contributed by atoms with van der Waals surface area (Å²) < 4.78 is 93.1. The second-order valence-electron chi connectivity index (χ2n) is 8.75. The van der Waals surface area contributed by atoms with Crippen LogP contribution in [0.3, 0.4) is 0 Å². The summed E-state index contributed by atoms with van der Waals surface area (Å²) in [6, 6.07) is 1.69. The molecule has 3 aliphatic rings. The first-order valence-corrected chi connectivity index (χ1v) is 10.7. The lowest BCUT2D eigenvalue weighted by molar-refractivity contribution is -0.140. The molecule has 2 bridgehead atoms. The van der Waals surface area contributed by atoms with Crippen LogP contribution in [0, 0.1) is 17.1 Å². The van der Waals surface area contributed by atoms with Gasteiger partial charge in [-0.25, -0.2) is 14.1 Å². The third-order valence-corrected chi connectivity index (χ3v) is 6.73. The van der Waals surface area contributed by atoms with Gasteiger partial charge in [0.05, 0.1) is 40.5 Å². The number of hydrogen-bond donors (Lipinski definition) is 0. The van der Waals surface area contributed by atoms with Crippen molar-refractivity contribution in [1.82, 2.24) is 9.80 Å². The first-order chi connectivity index (χ1) is 17.2. The minimum Gasteiger partial charge on any atom is -0.331 e. The van der Waals surface area contributed by atoms with Gasteiger partial charge in [0.15, 0.2) is 0 Å². The summed E-state index contributed by atoms with van der Waals surface area (Å²) in [4.78, 5) is 42.1. The van der Waals surface area contributed by atoms with Gasteiger partial charge < -0.3 is 9.80 Å². The van der Waals surface area contributed by atoms with Crippen LogP contribution in [0.2, 0.25) is 0 Å². The first kappa shape index (κ1) is 24.5. The van der Waals surface area contributed by atoms with E-state index in [4.69, 9.17) is 5.26 Å². The molecule has 3 saturated heterocycles. The summed E-state index contributed by atoms with van der Waals surface area (Å²) in [7, 11) is 0. The molecule has 5 rings (SSSR count). The summed E-state index contributed by atoms with van der Waals surface area (Å²) in [6.45, 7) is -0.132. The summed E-state index contributed by atoms with van der Waals surface area (Å²) in [5.74, 6) is -3.39. The number of nitriles is 1.